The summed E-state index contributed by atoms with van der Waals surface area (Å²) in [6.45, 7) is 3.15. The molecule has 5 N–H and O–H groups in total. The molecule has 0 saturated heterocycles. The van der Waals surface area contributed by atoms with Crippen molar-refractivity contribution < 1.29 is 14.4 Å². The van der Waals surface area contributed by atoms with E-state index in [9.17, 15) is 14.4 Å². The Kier molecular flexibility index (Phi) is 5.71. The molecule has 114 valence electrons. The Bertz CT molecular complexity index is 527. The standard InChI is InChI=1S/C14H20N4O3/c1-9(2)17-11-6-4-3-5-10(11)14(21)18(7-12(15)19)8-13(16)20/h3-6,9,17H,7-8H2,1-2H3,(H2,15,19)(H2,16,20). The number of nitrogens with one attached hydrogen (secondary N) is 1. The van der Waals surface area contributed by atoms with E-state index in [1.54, 1.807) is 24.3 Å². The maximum absolute atomic E-state index is 12.5. The Morgan fingerprint density at radius 3 is 2.10 bits per heavy atom. The summed E-state index contributed by atoms with van der Waals surface area (Å²) in [6.07, 6.45) is 0. The molecular weight excluding hydrogens is 272 g/mol. The van der Waals surface area contributed by atoms with Crippen LogP contribution in [0.4, 0.5) is 5.69 Å². The summed E-state index contributed by atoms with van der Waals surface area (Å²) in [5.74, 6) is -1.89. The highest BCUT2D eigenvalue weighted by Gasteiger charge is 2.22. The van der Waals surface area contributed by atoms with E-state index in [-0.39, 0.29) is 19.1 Å². The fourth-order valence-corrected chi connectivity index (χ4v) is 1.85. The molecule has 1 rings (SSSR count). The van der Waals surface area contributed by atoms with Crippen LogP contribution in [0.15, 0.2) is 24.3 Å². The summed E-state index contributed by atoms with van der Waals surface area (Å²) >= 11 is 0. The number of rotatable bonds is 7. The molecule has 3 amide bonds. The van der Waals surface area contributed by atoms with Crippen LogP contribution in [0.1, 0.15) is 24.2 Å². The van der Waals surface area contributed by atoms with Gasteiger partial charge in [-0.2, -0.15) is 0 Å². The third-order valence-corrected chi connectivity index (χ3v) is 2.58. The van der Waals surface area contributed by atoms with Gasteiger partial charge >= 0.3 is 0 Å². The van der Waals surface area contributed by atoms with Gasteiger partial charge in [-0.25, -0.2) is 0 Å². The fraction of sp³-hybridized carbons (Fsp3) is 0.357. The van der Waals surface area contributed by atoms with Crippen LogP contribution in [0.3, 0.4) is 0 Å². The van der Waals surface area contributed by atoms with Crippen molar-refractivity contribution in [3.63, 3.8) is 0 Å². The molecule has 7 heteroatoms. The van der Waals surface area contributed by atoms with Crippen molar-refractivity contribution in [2.75, 3.05) is 18.4 Å². The number of amides is 3. The van der Waals surface area contributed by atoms with Crippen LogP contribution in [-0.2, 0) is 9.59 Å². The van der Waals surface area contributed by atoms with Gasteiger partial charge in [0, 0.05) is 11.7 Å². The molecule has 0 aliphatic heterocycles. The third-order valence-electron chi connectivity index (χ3n) is 2.58. The van der Waals surface area contributed by atoms with Crippen LogP contribution in [0, 0.1) is 0 Å². The molecule has 0 bridgehead atoms. The molecule has 0 atom stereocenters. The number of hydrogen-bond acceptors (Lipinski definition) is 4. The zero-order chi connectivity index (χ0) is 16.0. The van der Waals surface area contributed by atoms with Crippen LogP contribution in [0.5, 0.6) is 0 Å². The van der Waals surface area contributed by atoms with Crippen LogP contribution >= 0.6 is 0 Å². The van der Waals surface area contributed by atoms with Crippen molar-refractivity contribution in [3.05, 3.63) is 29.8 Å². The van der Waals surface area contributed by atoms with Gasteiger partial charge in [0.1, 0.15) is 13.1 Å². The highest BCUT2D eigenvalue weighted by Crippen LogP contribution is 2.18. The van der Waals surface area contributed by atoms with Crippen molar-refractivity contribution in [1.82, 2.24) is 4.90 Å². The van der Waals surface area contributed by atoms with Crippen LogP contribution in [0.25, 0.3) is 0 Å². The smallest absolute Gasteiger partial charge is 0.256 e. The number of anilines is 1. The van der Waals surface area contributed by atoms with Gasteiger partial charge in [0.2, 0.25) is 11.8 Å². The van der Waals surface area contributed by atoms with Crippen LogP contribution in [0.2, 0.25) is 0 Å². The largest absolute Gasteiger partial charge is 0.382 e. The van der Waals surface area contributed by atoms with E-state index in [0.717, 1.165) is 4.90 Å². The van der Waals surface area contributed by atoms with Gasteiger partial charge in [0.05, 0.1) is 5.56 Å². The minimum Gasteiger partial charge on any atom is -0.382 e. The quantitative estimate of drug-likeness (QED) is 0.651. The second-order valence-corrected chi connectivity index (χ2v) is 4.94. The number of primary amides is 2. The Balaban J connectivity index is 3.07. The Hall–Kier alpha value is -2.57. The Morgan fingerprint density at radius 2 is 1.62 bits per heavy atom. The van der Waals surface area contributed by atoms with E-state index < -0.39 is 17.7 Å². The maximum atomic E-state index is 12.5. The van der Waals surface area contributed by atoms with Crippen molar-refractivity contribution in [1.29, 1.82) is 0 Å². The molecular formula is C14H20N4O3. The van der Waals surface area contributed by atoms with E-state index >= 15 is 0 Å². The van der Waals surface area contributed by atoms with Crippen molar-refractivity contribution in [3.8, 4) is 0 Å². The predicted octanol–water partition coefficient (Wildman–Crippen LogP) is -0.0803. The zero-order valence-electron chi connectivity index (χ0n) is 12.1. The average Bonchev–Trinajstić information content (AvgIpc) is 2.36. The van der Waals surface area contributed by atoms with E-state index in [2.05, 4.69) is 5.32 Å². The van der Waals surface area contributed by atoms with E-state index in [1.807, 2.05) is 13.8 Å². The van der Waals surface area contributed by atoms with Gasteiger partial charge in [-0.3, -0.25) is 14.4 Å². The second kappa shape index (κ2) is 7.28. The average molecular weight is 292 g/mol. The van der Waals surface area contributed by atoms with E-state index in [0.29, 0.717) is 11.3 Å². The van der Waals surface area contributed by atoms with Crippen LogP contribution in [-0.4, -0.2) is 41.8 Å². The number of benzene rings is 1. The third kappa shape index (κ3) is 5.13. The lowest BCUT2D eigenvalue weighted by atomic mass is 10.1. The number of nitrogens with two attached hydrogens (primary N) is 2. The molecule has 0 fully saturated rings. The molecule has 7 nitrogen and oxygen atoms in total. The Morgan fingerprint density at radius 1 is 1.10 bits per heavy atom. The highest BCUT2D eigenvalue weighted by molar-refractivity contribution is 6.02. The summed E-state index contributed by atoms with van der Waals surface area (Å²) in [6, 6.07) is 6.97. The molecule has 0 heterocycles. The fourth-order valence-electron chi connectivity index (χ4n) is 1.85. The first kappa shape index (κ1) is 16.5. The molecule has 1 aromatic rings. The van der Waals surface area contributed by atoms with Crippen molar-refractivity contribution >= 4 is 23.4 Å². The molecule has 0 spiro atoms. The number of para-hydroxylation sites is 1. The molecule has 0 saturated carbocycles. The lowest BCUT2D eigenvalue weighted by molar-refractivity contribution is -0.121. The zero-order valence-corrected chi connectivity index (χ0v) is 12.1. The highest BCUT2D eigenvalue weighted by atomic mass is 16.2. The van der Waals surface area contributed by atoms with Gasteiger partial charge in [-0.1, -0.05) is 12.1 Å². The number of carbonyl (C=O) groups excluding carboxylic acids is 3. The summed E-state index contributed by atoms with van der Waals surface area (Å²) in [5.41, 5.74) is 11.2. The van der Waals surface area contributed by atoms with Gasteiger partial charge in [-0.05, 0) is 26.0 Å². The molecule has 0 aromatic heterocycles. The van der Waals surface area contributed by atoms with Gasteiger partial charge in [0.15, 0.2) is 0 Å². The second-order valence-electron chi connectivity index (χ2n) is 4.94. The van der Waals surface area contributed by atoms with Gasteiger partial charge in [0.25, 0.3) is 5.91 Å². The summed E-state index contributed by atoms with van der Waals surface area (Å²) < 4.78 is 0. The minimum absolute atomic E-state index is 0.125. The normalized spacial score (nSPS) is 10.2. The molecule has 0 aliphatic rings. The molecule has 0 radical (unpaired) electrons. The molecule has 0 unspecified atom stereocenters. The minimum atomic E-state index is -0.709. The van der Waals surface area contributed by atoms with Gasteiger partial charge < -0.3 is 21.7 Å². The Labute approximate surface area is 123 Å². The summed E-state index contributed by atoms with van der Waals surface area (Å²) in [7, 11) is 0. The monoisotopic (exact) mass is 292 g/mol. The number of nitrogens with zero attached hydrogens (tertiary/aromatic N) is 1. The summed E-state index contributed by atoms with van der Waals surface area (Å²) in [4.78, 5) is 35.6. The van der Waals surface area contributed by atoms with Gasteiger partial charge in [-0.15, -0.1) is 0 Å². The first-order valence-corrected chi connectivity index (χ1v) is 6.52. The van der Waals surface area contributed by atoms with E-state index in [4.69, 9.17) is 11.5 Å². The first-order valence-electron chi connectivity index (χ1n) is 6.52. The predicted molar refractivity (Wildman–Crippen MR) is 79.5 cm³/mol. The lowest BCUT2D eigenvalue weighted by Gasteiger charge is -2.22. The number of hydrogen-bond donors (Lipinski definition) is 3. The summed E-state index contributed by atoms with van der Waals surface area (Å²) in [5, 5.41) is 3.14. The molecule has 1 aromatic carbocycles. The van der Waals surface area contributed by atoms with E-state index in [1.165, 1.54) is 0 Å². The first-order chi connectivity index (χ1) is 9.81. The van der Waals surface area contributed by atoms with Crippen molar-refractivity contribution in [2.24, 2.45) is 11.5 Å². The van der Waals surface area contributed by atoms with Crippen molar-refractivity contribution in [2.45, 2.75) is 19.9 Å². The molecule has 21 heavy (non-hydrogen) atoms. The maximum Gasteiger partial charge on any atom is 0.256 e. The molecule has 0 aliphatic carbocycles. The van der Waals surface area contributed by atoms with Crippen LogP contribution < -0.4 is 16.8 Å². The lowest BCUT2D eigenvalue weighted by Crippen LogP contribution is -2.43. The topological polar surface area (TPSA) is 119 Å². The SMILES string of the molecule is CC(C)Nc1ccccc1C(=O)N(CC(N)=O)CC(N)=O. The number of carbonyl (C=O) groups is 3.